The fourth-order valence-corrected chi connectivity index (χ4v) is 2.70. The van der Waals surface area contributed by atoms with E-state index in [2.05, 4.69) is 22.6 Å². The Kier molecular flexibility index (Phi) is 3.73. The first kappa shape index (κ1) is 12.8. The van der Waals surface area contributed by atoms with Gasteiger partial charge >= 0.3 is 0 Å². The van der Waals surface area contributed by atoms with Crippen LogP contribution < -0.4 is 0 Å². The number of likely N-dealkylation sites (tertiary alicyclic amines) is 1. The lowest BCUT2D eigenvalue weighted by molar-refractivity contribution is -0.130. The Morgan fingerprint density at radius 1 is 1.59 bits per heavy atom. The summed E-state index contributed by atoms with van der Waals surface area (Å²) >= 11 is 2.24. The third kappa shape index (κ3) is 3.42. The second kappa shape index (κ2) is 4.94. The van der Waals surface area contributed by atoms with Crippen LogP contribution in [0, 0.1) is 3.57 Å². The number of β-amino-alcohol motifs (C(OH)–C–C–N with tert-alkyl or cyclic N) is 1. The maximum absolute atomic E-state index is 12.0. The van der Waals surface area contributed by atoms with Crippen molar-refractivity contribution in [1.29, 1.82) is 0 Å². The summed E-state index contributed by atoms with van der Waals surface area (Å²) in [4.78, 5) is 13.8. The SMILES string of the molecule is C[C@]1(O)CCN(C(=O)Cc2cccc(I)c2)C1. The van der Waals surface area contributed by atoms with Gasteiger partial charge in [-0.25, -0.2) is 0 Å². The van der Waals surface area contributed by atoms with Crippen LogP contribution in [0.3, 0.4) is 0 Å². The molecule has 0 radical (unpaired) electrons. The van der Waals surface area contributed by atoms with Crippen molar-refractivity contribution in [3.8, 4) is 0 Å². The molecule has 1 aromatic carbocycles. The first-order valence-corrected chi connectivity index (χ1v) is 6.79. The fraction of sp³-hybridized carbons (Fsp3) is 0.462. The molecule has 4 heteroatoms. The Hall–Kier alpha value is -0.620. The lowest BCUT2D eigenvalue weighted by Crippen LogP contribution is -2.34. The van der Waals surface area contributed by atoms with Gasteiger partial charge in [-0.15, -0.1) is 0 Å². The summed E-state index contributed by atoms with van der Waals surface area (Å²) in [6.45, 7) is 2.90. The highest BCUT2D eigenvalue weighted by atomic mass is 127. The number of rotatable bonds is 2. The number of carbonyl (C=O) groups excluding carboxylic acids is 1. The molecular formula is C13H16INO2. The summed E-state index contributed by atoms with van der Waals surface area (Å²) in [5, 5.41) is 9.83. The molecule has 1 atom stereocenters. The number of aliphatic hydroxyl groups is 1. The second-order valence-electron chi connectivity index (χ2n) is 4.87. The van der Waals surface area contributed by atoms with Crippen LogP contribution in [-0.2, 0) is 11.2 Å². The standard InChI is InChI=1S/C13H16INO2/c1-13(17)5-6-15(9-13)12(16)8-10-3-2-4-11(14)7-10/h2-4,7,17H,5-6,8-9H2,1H3/t13-/m0/s1. The quantitative estimate of drug-likeness (QED) is 0.831. The smallest absolute Gasteiger partial charge is 0.227 e. The van der Waals surface area contributed by atoms with Gasteiger partial charge in [0.1, 0.15) is 0 Å². The Morgan fingerprint density at radius 3 is 2.94 bits per heavy atom. The number of nitrogens with zero attached hydrogens (tertiary/aromatic N) is 1. The molecular weight excluding hydrogens is 329 g/mol. The maximum atomic E-state index is 12.0. The molecule has 1 aromatic rings. The number of amides is 1. The Morgan fingerprint density at radius 2 is 2.35 bits per heavy atom. The molecule has 1 N–H and O–H groups in total. The first-order valence-electron chi connectivity index (χ1n) is 5.71. The molecule has 2 rings (SSSR count). The van der Waals surface area contributed by atoms with Gasteiger partial charge in [-0.05, 0) is 53.6 Å². The second-order valence-corrected chi connectivity index (χ2v) is 6.11. The third-order valence-corrected chi connectivity index (χ3v) is 3.72. The highest BCUT2D eigenvalue weighted by Gasteiger charge is 2.33. The zero-order chi connectivity index (χ0) is 12.5. The van der Waals surface area contributed by atoms with E-state index in [0.29, 0.717) is 25.9 Å². The van der Waals surface area contributed by atoms with Crippen LogP contribution >= 0.6 is 22.6 Å². The van der Waals surface area contributed by atoms with Gasteiger partial charge in [0.25, 0.3) is 0 Å². The van der Waals surface area contributed by atoms with Crippen molar-refractivity contribution < 1.29 is 9.90 Å². The minimum Gasteiger partial charge on any atom is -0.388 e. The van der Waals surface area contributed by atoms with Crippen LogP contribution in [0.4, 0.5) is 0 Å². The van der Waals surface area contributed by atoms with Gasteiger partial charge in [0.15, 0.2) is 0 Å². The van der Waals surface area contributed by atoms with Crippen molar-refractivity contribution in [1.82, 2.24) is 4.90 Å². The van der Waals surface area contributed by atoms with Crippen molar-refractivity contribution in [2.24, 2.45) is 0 Å². The van der Waals surface area contributed by atoms with E-state index < -0.39 is 5.60 Å². The van der Waals surface area contributed by atoms with E-state index >= 15 is 0 Å². The molecule has 1 heterocycles. The summed E-state index contributed by atoms with van der Waals surface area (Å²) in [5.74, 6) is 0.102. The number of hydrogen-bond acceptors (Lipinski definition) is 2. The molecule has 92 valence electrons. The summed E-state index contributed by atoms with van der Waals surface area (Å²) in [6.07, 6.45) is 1.10. The minimum absolute atomic E-state index is 0.102. The van der Waals surface area contributed by atoms with E-state index in [1.165, 1.54) is 0 Å². The molecule has 17 heavy (non-hydrogen) atoms. The lowest BCUT2D eigenvalue weighted by atomic mass is 10.1. The Labute approximate surface area is 115 Å². The van der Waals surface area contributed by atoms with Crippen LogP contribution in [0.2, 0.25) is 0 Å². The number of hydrogen-bond donors (Lipinski definition) is 1. The monoisotopic (exact) mass is 345 g/mol. The zero-order valence-corrected chi connectivity index (χ0v) is 12.0. The first-order chi connectivity index (χ1) is 7.96. The normalized spacial score (nSPS) is 24.1. The van der Waals surface area contributed by atoms with Gasteiger partial charge in [-0.2, -0.15) is 0 Å². The lowest BCUT2D eigenvalue weighted by Gasteiger charge is -2.19. The third-order valence-electron chi connectivity index (χ3n) is 3.05. The minimum atomic E-state index is -0.708. The predicted octanol–water partition coefficient (Wildman–Crippen LogP) is 1.82. The zero-order valence-electron chi connectivity index (χ0n) is 9.82. The molecule has 1 aliphatic heterocycles. The number of halogens is 1. The molecule has 0 spiro atoms. The molecule has 0 bridgehead atoms. The summed E-state index contributed by atoms with van der Waals surface area (Å²) < 4.78 is 1.14. The largest absolute Gasteiger partial charge is 0.388 e. The summed E-state index contributed by atoms with van der Waals surface area (Å²) in [6, 6.07) is 7.96. The molecule has 1 aliphatic rings. The van der Waals surface area contributed by atoms with Crippen LogP contribution in [-0.4, -0.2) is 34.6 Å². The molecule has 0 saturated carbocycles. The predicted molar refractivity (Wildman–Crippen MR) is 74.7 cm³/mol. The van der Waals surface area contributed by atoms with Gasteiger partial charge in [-0.3, -0.25) is 4.79 Å². The molecule has 1 saturated heterocycles. The van der Waals surface area contributed by atoms with Crippen molar-refractivity contribution in [2.75, 3.05) is 13.1 Å². The van der Waals surface area contributed by atoms with Gasteiger partial charge < -0.3 is 10.0 Å². The molecule has 0 aromatic heterocycles. The van der Waals surface area contributed by atoms with Crippen molar-refractivity contribution in [3.05, 3.63) is 33.4 Å². The van der Waals surface area contributed by atoms with Crippen LogP contribution in [0.15, 0.2) is 24.3 Å². The highest BCUT2D eigenvalue weighted by Crippen LogP contribution is 2.21. The Balaban J connectivity index is 1.98. The van der Waals surface area contributed by atoms with Crippen LogP contribution in [0.5, 0.6) is 0 Å². The van der Waals surface area contributed by atoms with Crippen LogP contribution in [0.25, 0.3) is 0 Å². The molecule has 0 unspecified atom stereocenters. The van der Waals surface area contributed by atoms with E-state index in [9.17, 15) is 9.90 Å². The van der Waals surface area contributed by atoms with Crippen molar-refractivity contribution >= 4 is 28.5 Å². The van der Waals surface area contributed by atoms with Gasteiger partial charge in [0.05, 0.1) is 12.0 Å². The molecule has 3 nitrogen and oxygen atoms in total. The van der Waals surface area contributed by atoms with E-state index in [0.717, 1.165) is 9.13 Å². The maximum Gasteiger partial charge on any atom is 0.227 e. The summed E-state index contributed by atoms with van der Waals surface area (Å²) in [7, 11) is 0. The van der Waals surface area contributed by atoms with Gasteiger partial charge in [0, 0.05) is 16.7 Å². The molecule has 0 aliphatic carbocycles. The van der Waals surface area contributed by atoms with Crippen molar-refractivity contribution in [2.45, 2.75) is 25.4 Å². The van der Waals surface area contributed by atoms with E-state index in [4.69, 9.17) is 0 Å². The molecule has 1 amide bonds. The van der Waals surface area contributed by atoms with Gasteiger partial charge in [0.2, 0.25) is 5.91 Å². The molecule has 1 fully saturated rings. The van der Waals surface area contributed by atoms with Crippen molar-refractivity contribution in [3.63, 3.8) is 0 Å². The number of benzene rings is 1. The number of carbonyl (C=O) groups is 1. The Bertz CT molecular complexity index is 431. The summed E-state index contributed by atoms with van der Waals surface area (Å²) in [5.41, 5.74) is 0.328. The van der Waals surface area contributed by atoms with E-state index in [-0.39, 0.29) is 5.91 Å². The van der Waals surface area contributed by atoms with Gasteiger partial charge in [-0.1, -0.05) is 12.1 Å². The van der Waals surface area contributed by atoms with E-state index in [1.54, 1.807) is 11.8 Å². The topological polar surface area (TPSA) is 40.5 Å². The van der Waals surface area contributed by atoms with Crippen LogP contribution in [0.1, 0.15) is 18.9 Å². The average Bonchev–Trinajstić information content (AvgIpc) is 2.59. The fourth-order valence-electron chi connectivity index (χ4n) is 2.09. The average molecular weight is 345 g/mol. The highest BCUT2D eigenvalue weighted by molar-refractivity contribution is 14.1. The van der Waals surface area contributed by atoms with E-state index in [1.807, 2.05) is 24.3 Å².